The SMILES string of the molecule is CN1CCCC(N(C)C(=O)c2ccc(O)c(O)c2)C1. The van der Waals surface area contributed by atoms with Crippen LogP contribution < -0.4 is 0 Å². The summed E-state index contributed by atoms with van der Waals surface area (Å²) in [6, 6.07) is 4.37. The van der Waals surface area contributed by atoms with Gasteiger partial charge >= 0.3 is 0 Å². The van der Waals surface area contributed by atoms with Gasteiger partial charge in [-0.05, 0) is 44.6 Å². The second-order valence-electron chi connectivity index (χ2n) is 5.18. The number of aromatic hydroxyl groups is 2. The van der Waals surface area contributed by atoms with Gasteiger partial charge in [-0.2, -0.15) is 0 Å². The second kappa shape index (κ2) is 5.48. The molecule has 1 atom stereocenters. The van der Waals surface area contributed by atoms with Crippen LogP contribution in [0.1, 0.15) is 23.2 Å². The van der Waals surface area contributed by atoms with Gasteiger partial charge in [0.15, 0.2) is 11.5 Å². The van der Waals surface area contributed by atoms with E-state index in [-0.39, 0.29) is 23.4 Å². The van der Waals surface area contributed by atoms with Crippen molar-refractivity contribution in [1.29, 1.82) is 0 Å². The number of benzene rings is 1. The number of nitrogens with zero attached hydrogens (tertiary/aromatic N) is 2. The van der Waals surface area contributed by atoms with Crippen molar-refractivity contribution in [2.24, 2.45) is 0 Å². The highest BCUT2D eigenvalue weighted by Crippen LogP contribution is 2.26. The summed E-state index contributed by atoms with van der Waals surface area (Å²) in [5.74, 6) is -0.604. The number of piperidine rings is 1. The van der Waals surface area contributed by atoms with Gasteiger partial charge in [-0.1, -0.05) is 0 Å². The highest BCUT2D eigenvalue weighted by atomic mass is 16.3. The molecule has 19 heavy (non-hydrogen) atoms. The van der Waals surface area contributed by atoms with Crippen LogP contribution in [0.4, 0.5) is 0 Å². The Morgan fingerprint density at radius 1 is 1.37 bits per heavy atom. The Morgan fingerprint density at radius 2 is 2.11 bits per heavy atom. The van der Waals surface area contributed by atoms with E-state index in [0.717, 1.165) is 25.9 Å². The van der Waals surface area contributed by atoms with Gasteiger partial charge in [0.1, 0.15) is 0 Å². The number of carbonyl (C=O) groups is 1. The van der Waals surface area contributed by atoms with E-state index in [1.54, 1.807) is 11.9 Å². The van der Waals surface area contributed by atoms with E-state index in [1.807, 2.05) is 0 Å². The van der Waals surface area contributed by atoms with Crippen molar-refractivity contribution in [1.82, 2.24) is 9.80 Å². The fraction of sp³-hybridized carbons (Fsp3) is 0.500. The molecule has 1 fully saturated rings. The topological polar surface area (TPSA) is 64.0 Å². The predicted octanol–water partition coefficient (Wildman–Crippen LogP) is 1.26. The molecule has 0 radical (unpaired) electrons. The summed E-state index contributed by atoms with van der Waals surface area (Å²) in [6.07, 6.45) is 2.08. The van der Waals surface area contributed by atoms with Crippen molar-refractivity contribution < 1.29 is 15.0 Å². The maximum Gasteiger partial charge on any atom is 0.254 e. The van der Waals surface area contributed by atoms with Crippen LogP contribution in [-0.4, -0.2) is 59.1 Å². The fourth-order valence-electron chi connectivity index (χ4n) is 2.48. The molecule has 0 saturated carbocycles. The molecule has 1 aliphatic rings. The lowest BCUT2D eigenvalue weighted by Gasteiger charge is -2.35. The van der Waals surface area contributed by atoms with Gasteiger partial charge in [-0.15, -0.1) is 0 Å². The van der Waals surface area contributed by atoms with E-state index >= 15 is 0 Å². The maximum absolute atomic E-state index is 12.3. The number of amides is 1. The van der Waals surface area contributed by atoms with Gasteiger partial charge in [0.25, 0.3) is 5.91 Å². The van der Waals surface area contributed by atoms with Crippen LogP contribution in [0.2, 0.25) is 0 Å². The van der Waals surface area contributed by atoms with Crippen LogP contribution in [0.5, 0.6) is 11.5 Å². The van der Waals surface area contributed by atoms with Crippen LogP contribution >= 0.6 is 0 Å². The third-order valence-corrected chi connectivity index (χ3v) is 3.69. The minimum absolute atomic E-state index is 0.129. The fourth-order valence-corrected chi connectivity index (χ4v) is 2.48. The number of likely N-dealkylation sites (tertiary alicyclic amines) is 1. The highest BCUT2D eigenvalue weighted by molar-refractivity contribution is 5.95. The molecule has 0 aromatic heterocycles. The molecule has 1 aromatic rings. The van der Waals surface area contributed by atoms with E-state index in [9.17, 15) is 15.0 Å². The summed E-state index contributed by atoms with van der Waals surface area (Å²) < 4.78 is 0. The average molecular weight is 264 g/mol. The monoisotopic (exact) mass is 264 g/mol. The molecular formula is C14H20N2O3. The van der Waals surface area contributed by atoms with Crippen molar-refractivity contribution in [3.63, 3.8) is 0 Å². The Balaban J connectivity index is 2.11. The maximum atomic E-state index is 12.3. The molecule has 0 spiro atoms. The van der Waals surface area contributed by atoms with Gasteiger partial charge in [0.05, 0.1) is 0 Å². The van der Waals surface area contributed by atoms with Crippen molar-refractivity contribution in [3.8, 4) is 11.5 Å². The van der Waals surface area contributed by atoms with Crippen LogP contribution in [0.3, 0.4) is 0 Å². The molecule has 0 bridgehead atoms. The van der Waals surface area contributed by atoms with Crippen LogP contribution in [-0.2, 0) is 0 Å². The molecule has 5 nitrogen and oxygen atoms in total. The standard InChI is InChI=1S/C14H20N2O3/c1-15-7-3-4-11(9-15)16(2)14(19)10-5-6-12(17)13(18)8-10/h5-6,8,11,17-18H,3-4,7,9H2,1-2H3. The van der Waals surface area contributed by atoms with Gasteiger partial charge < -0.3 is 20.0 Å². The van der Waals surface area contributed by atoms with Gasteiger partial charge in [0.2, 0.25) is 0 Å². The van der Waals surface area contributed by atoms with Crippen molar-refractivity contribution in [3.05, 3.63) is 23.8 Å². The molecular weight excluding hydrogens is 244 g/mol. The summed E-state index contributed by atoms with van der Waals surface area (Å²) in [4.78, 5) is 16.3. The number of carbonyl (C=O) groups excluding carboxylic acids is 1. The number of phenols is 2. The second-order valence-corrected chi connectivity index (χ2v) is 5.18. The summed E-state index contributed by atoms with van der Waals surface area (Å²) in [6.45, 7) is 1.94. The zero-order valence-corrected chi connectivity index (χ0v) is 11.3. The van der Waals surface area contributed by atoms with Gasteiger partial charge in [0, 0.05) is 25.2 Å². The minimum Gasteiger partial charge on any atom is -0.504 e. The van der Waals surface area contributed by atoms with Crippen molar-refractivity contribution in [2.45, 2.75) is 18.9 Å². The molecule has 1 heterocycles. The average Bonchev–Trinajstić information content (AvgIpc) is 2.40. The molecule has 5 heteroatoms. The lowest BCUT2D eigenvalue weighted by Crippen LogP contribution is -2.47. The molecule has 104 valence electrons. The summed E-state index contributed by atoms with van der Waals surface area (Å²) in [5.41, 5.74) is 0.394. The van der Waals surface area contributed by atoms with Crippen LogP contribution in [0.15, 0.2) is 18.2 Å². The first-order valence-corrected chi connectivity index (χ1v) is 6.46. The largest absolute Gasteiger partial charge is 0.504 e. The van der Waals surface area contributed by atoms with Crippen LogP contribution in [0, 0.1) is 0 Å². The lowest BCUT2D eigenvalue weighted by atomic mass is 10.0. The molecule has 0 aliphatic carbocycles. The predicted molar refractivity (Wildman–Crippen MR) is 72.4 cm³/mol. The number of likely N-dealkylation sites (N-methyl/N-ethyl adjacent to an activating group) is 2. The van der Waals surface area contributed by atoms with Gasteiger partial charge in [-0.3, -0.25) is 4.79 Å². The quantitative estimate of drug-likeness (QED) is 0.789. The summed E-state index contributed by atoms with van der Waals surface area (Å²) in [5, 5.41) is 18.7. The molecule has 1 aliphatic heterocycles. The zero-order chi connectivity index (χ0) is 14.0. The first-order valence-electron chi connectivity index (χ1n) is 6.46. The Kier molecular flexibility index (Phi) is 3.95. The normalized spacial score (nSPS) is 20.2. The molecule has 1 aromatic carbocycles. The van der Waals surface area contributed by atoms with E-state index in [1.165, 1.54) is 18.2 Å². The van der Waals surface area contributed by atoms with Crippen LogP contribution in [0.25, 0.3) is 0 Å². The molecule has 1 unspecified atom stereocenters. The zero-order valence-electron chi connectivity index (χ0n) is 11.3. The third-order valence-electron chi connectivity index (χ3n) is 3.69. The summed E-state index contributed by atoms with van der Waals surface area (Å²) in [7, 11) is 3.84. The van der Waals surface area contributed by atoms with E-state index < -0.39 is 0 Å². The Bertz CT molecular complexity index is 476. The molecule has 1 saturated heterocycles. The van der Waals surface area contributed by atoms with Crippen molar-refractivity contribution >= 4 is 5.91 Å². The number of hydrogen-bond donors (Lipinski definition) is 2. The molecule has 2 N–H and O–H groups in total. The smallest absolute Gasteiger partial charge is 0.254 e. The molecule has 1 amide bonds. The number of hydrogen-bond acceptors (Lipinski definition) is 4. The molecule has 2 rings (SSSR count). The van der Waals surface area contributed by atoms with Crippen molar-refractivity contribution in [2.75, 3.05) is 27.2 Å². The lowest BCUT2D eigenvalue weighted by molar-refractivity contribution is 0.0643. The Morgan fingerprint density at radius 3 is 2.74 bits per heavy atom. The summed E-state index contributed by atoms with van der Waals surface area (Å²) >= 11 is 0. The van der Waals surface area contributed by atoms with E-state index in [4.69, 9.17) is 0 Å². The highest BCUT2D eigenvalue weighted by Gasteiger charge is 2.25. The van der Waals surface area contributed by atoms with Gasteiger partial charge in [-0.25, -0.2) is 0 Å². The first kappa shape index (κ1) is 13.7. The third kappa shape index (κ3) is 2.98. The van der Waals surface area contributed by atoms with E-state index in [2.05, 4.69) is 11.9 Å². The Hall–Kier alpha value is -1.75. The number of phenolic OH excluding ortho intramolecular Hbond substituents is 2. The first-order chi connectivity index (χ1) is 8.99. The van der Waals surface area contributed by atoms with E-state index in [0.29, 0.717) is 5.56 Å². The Labute approximate surface area is 113 Å². The minimum atomic E-state index is -0.264. The number of rotatable bonds is 2.